The number of hydrogen-bond acceptors (Lipinski definition) is 5. The molecule has 1 aromatic heterocycles. The fraction of sp³-hybridized carbons (Fsp3) is 0.545. The SMILES string of the molecule is COC(=O)[C@H](C)NC(=O)CCn1c(C)csc1=O. The van der Waals surface area contributed by atoms with Crippen molar-refractivity contribution in [2.75, 3.05) is 7.11 Å². The van der Waals surface area contributed by atoms with Gasteiger partial charge in [-0.25, -0.2) is 4.79 Å². The predicted octanol–water partition coefficient (Wildman–Crippen LogP) is 0.286. The highest BCUT2D eigenvalue weighted by molar-refractivity contribution is 7.07. The van der Waals surface area contributed by atoms with Crippen LogP contribution in [-0.4, -0.2) is 29.6 Å². The number of aryl methyl sites for hydroxylation is 1. The summed E-state index contributed by atoms with van der Waals surface area (Å²) in [6.45, 7) is 3.67. The van der Waals surface area contributed by atoms with Crippen molar-refractivity contribution in [1.29, 1.82) is 0 Å². The molecule has 0 aliphatic carbocycles. The topological polar surface area (TPSA) is 77.4 Å². The standard InChI is InChI=1S/C11H16N2O4S/c1-7-6-18-11(16)13(7)5-4-9(14)12-8(2)10(15)17-3/h6,8H,4-5H2,1-3H3,(H,12,14)/t8-/m0/s1. The van der Waals surface area contributed by atoms with E-state index in [1.54, 1.807) is 12.3 Å². The molecule has 0 aromatic carbocycles. The summed E-state index contributed by atoms with van der Waals surface area (Å²) in [5, 5.41) is 4.25. The number of esters is 1. The molecule has 1 N–H and O–H groups in total. The van der Waals surface area contributed by atoms with E-state index in [9.17, 15) is 14.4 Å². The van der Waals surface area contributed by atoms with Gasteiger partial charge in [0.15, 0.2) is 0 Å². The van der Waals surface area contributed by atoms with E-state index in [2.05, 4.69) is 10.1 Å². The third-order valence-corrected chi connectivity index (χ3v) is 3.35. The van der Waals surface area contributed by atoms with E-state index in [-0.39, 0.29) is 17.2 Å². The van der Waals surface area contributed by atoms with E-state index in [0.29, 0.717) is 6.54 Å². The minimum atomic E-state index is -0.678. The Hall–Kier alpha value is -1.63. The monoisotopic (exact) mass is 272 g/mol. The number of hydrogen-bond donors (Lipinski definition) is 1. The van der Waals surface area contributed by atoms with E-state index in [1.807, 2.05) is 6.92 Å². The number of aromatic nitrogens is 1. The molecular weight excluding hydrogens is 256 g/mol. The molecule has 0 aliphatic rings. The van der Waals surface area contributed by atoms with Gasteiger partial charge < -0.3 is 14.6 Å². The number of ether oxygens (including phenoxy) is 1. The van der Waals surface area contributed by atoms with Crippen molar-refractivity contribution in [1.82, 2.24) is 9.88 Å². The van der Waals surface area contributed by atoms with E-state index in [4.69, 9.17) is 0 Å². The number of carbonyl (C=O) groups is 2. The lowest BCUT2D eigenvalue weighted by Crippen LogP contribution is -2.39. The van der Waals surface area contributed by atoms with Crippen molar-refractivity contribution < 1.29 is 14.3 Å². The summed E-state index contributed by atoms with van der Waals surface area (Å²) in [6.07, 6.45) is 0.152. The first-order valence-corrected chi connectivity index (χ1v) is 6.35. The highest BCUT2D eigenvalue weighted by Gasteiger charge is 2.15. The molecule has 100 valence electrons. The van der Waals surface area contributed by atoms with Gasteiger partial charge in [0.1, 0.15) is 6.04 Å². The maximum atomic E-state index is 11.6. The lowest BCUT2D eigenvalue weighted by Gasteiger charge is -2.11. The molecule has 0 fully saturated rings. The van der Waals surface area contributed by atoms with Gasteiger partial charge in [-0.2, -0.15) is 0 Å². The van der Waals surface area contributed by atoms with Crippen LogP contribution in [0.4, 0.5) is 0 Å². The maximum absolute atomic E-state index is 11.6. The summed E-state index contributed by atoms with van der Waals surface area (Å²) < 4.78 is 6.03. The van der Waals surface area contributed by atoms with Crippen LogP contribution in [0.3, 0.4) is 0 Å². The van der Waals surface area contributed by atoms with Gasteiger partial charge in [0.25, 0.3) is 0 Å². The quantitative estimate of drug-likeness (QED) is 0.781. The summed E-state index contributed by atoms with van der Waals surface area (Å²) in [4.78, 5) is 34.0. The lowest BCUT2D eigenvalue weighted by atomic mass is 10.3. The van der Waals surface area contributed by atoms with Crippen LogP contribution >= 0.6 is 11.3 Å². The maximum Gasteiger partial charge on any atom is 0.328 e. The number of thiazole rings is 1. The molecule has 0 radical (unpaired) electrons. The second kappa shape index (κ2) is 6.34. The Morgan fingerprint density at radius 1 is 1.56 bits per heavy atom. The summed E-state index contributed by atoms with van der Waals surface area (Å²) in [6, 6.07) is -0.678. The second-order valence-electron chi connectivity index (χ2n) is 3.86. The summed E-state index contributed by atoms with van der Waals surface area (Å²) in [7, 11) is 1.26. The summed E-state index contributed by atoms with van der Waals surface area (Å²) in [5.41, 5.74) is 0.832. The van der Waals surface area contributed by atoms with Crippen LogP contribution in [0, 0.1) is 6.92 Å². The van der Waals surface area contributed by atoms with Gasteiger partial charge in [-0.15, -0.1) is 0 Å². The van der Waals surface area contributed by atoms with E-state index in [0.717, 1.165) is 17.0 Å². The zero-order chi connectivity index (χ0) is 13.7. The van der Waals surface area contributed by atoms with Gasteiger partial charge in [-0.3, -0.25) is 9.59 Å². The largest absolute Gasteiger partial charge is 0.467 e. The first kappa shape index (κ1) is 14.4. The highest BCUT2D eigenvalue weighted by Crippen LogP contribution is 2.00. The molecule has 1 heterocycles. The molecule has 0 saturated heterocycles. The Labute approximate surface area is 109 Å². The molecule has 1 atom stereocenters. The molecule has 1 amide bonds. The molecule has 7 heteroatoms. The molecule has 0 saturated carbocycles. The Kier molecular flexibility index (Phi) is 5.08. The Balaban J connectivity index is 2.47. The van der Waals surface area contributed by atoms with Gasteiger partial charge in [0.2, 0.25) is 5.91 Å². The average Bonchev–Trinajstić information content (AvgIpc) is 2.65. The van der Waals surface area contributed by atoms with Crippen LogP contribution in [0.5, 0.6) is 0 Å². The number of amides is 1. The predicted molar refractivity (Wildman–Crippen MR) is 67.6 cm³/mol. The minimum absolute atomic E-state index is 0.0821. The van der Waals surface area contributed by atoms with Crippen molar-refractivity contribution in [3.8, 4) is 0 Å². The fourth-order valence-corrected chi connectivity index (χ4v) is 2.20. The fourth-order valence-electron chi connectivity index (χ4n) is 1.44. The van der Waals surface area contributed by atoms with Crippen molar-refractivity contribution in [3.05, 3.63) is 20.7 Å². The van der Waals surface area contributed by atoms with Crippen LogP contribution < -0.4 is 10.2 Å². The lowest BCUT2D eigenvalue weighted by molar-refractivity contribution is -0.144. The van der Waals surface area contributed by atoms with Gasteiger partial charge in [0.05, 0.1) is 7.11 Å². The molecule has 0 unspecified atom stereocenters. The van der Waals surface area contributed by atoms with Crippen molar-refractivity contribution in [2.24, 2.45) is 0 Å². The van der Waals surface area contributed by atoms with E-state index < -0.39 is 12.0 Å². The van der Waals surface area contributed by atoms with Gasteiger partial charge in [-0.05, 0) is 13.8 Å². The first-order chi connectivity index (χ1) is 8.45. The third kappa shape index (κ3) is 3.69. The number of nitrogens with zero attached hydrogens (tertiary/aromatic N) is 1. The van der Waals surface area contributed by atoms with Crippen molar-refractivity contribution >= 4 is 23.2 Å². The van der Waals surface area contributed by atoms with Crippen LogP contribution in [0.15, 0.2) is 10.2 Å². The zero-order valence-corrected chi connectivity index (χ0v) is 11.4. The molecule has 18 heavy (non-hydrogen) atoms. The summed E-state index contributed by atoms with van der Waals surface area (Å²) in [5.74, 6) is -0.780. The first-order valence-electron chi connectivity index (χ1n) is 5.47. The summed E-state index contributed by atoms with van der Waals surface area (Å²) >= 11 is 1.11. The Morgan fingerprint density at radius 2 is 2.22 bits per heavy atom. The van der Waals surface area contributed by atoms with Crippen molar-refractivity contribution in [2.45, 2.75) is 32.9 Å². The second-order valence-corrected chi connectivity index (χ2v) is 4.68. The van der Waals surface area contributed by atoms with Crippen LogP contribution in [0.2, 0.25) is 0 Å². The smallest absolute Gasteiger partial charge is 0.328 e. The normalized spacial score (nSPS) is 11.9. The number of rotatable bonds is 5. The average molecular weight is 272 g/mol. The molecule has 1 aromatic rings. The van der Waals surface area contributed by atoms with Gasteiger partial charge in [-0.1, -0.05) is 11.3 Å². The third-order valence-electron chi connectivity index (χ3n) is 2.47. The molecule has 6 nitrogen and oxygen atoms in total. The van der Waals surface area contributed by atoms with Gasteiger partial charge >= 0.3 is 10.8 Å². The molecule has 1 rings (SSSR count). The van der Waals surface area contributed by atoms with Crippen LogP contribution in [-0.2, 0) is 20.9 Å². The number of nitrogens with one attached hydrogen (secondary N) is 1. The number of carbonyl (C=O) groups excluding carboxylic acids is 2. The Morgan fingerprint density at radius 3 is 2.72 bits per heavy atom. The molecular formula is C11H16N2O4S. The van der Waals surface area contributed by atoms with Gasteiger partial charge in [0, 0.05) is 24.0 Å². The minimum Gasteiger partial charge on any atom is -0.467 e. The highest BCUT2D eigenvalue weighted by atomic mass is 32.1. The van der Waals surface area contributed by atoms with Crippen LogP contribution in [0.1, 0.15) is 19.0 Å². The van der Waals surface area contributed by atoms with Crippen LogP contribution in [0.25, 0.3) is 0 Å². The molecule has 0 aliphatic heterocycles. The molecule has 0 spiro atoms. The van der Waals surface area contributed by atoms with Crippen molar-refractivity contribution in [3.63, 3.8) is 0 Å². The van der Waals surface area contributed by atoms with E-state index in [1.165, 1.54) is 11.7 Å². The number of methoxy groups -OCH3 is 1. The zero-order valence-electron chi connectivity index (χ0n) is 10.6. The Bertz CT molecular complexity index is 491. The van der Waals surface area contributed by atoms with E-state index >= 15 is 0 Å². The molecule has 0 bridgehead atoms.